The van der Waals surface area contributed by atoms with Crippen LogP contribution in [0.3, 0.4) is 0 Å². The molecular weight excluding hydrogens is 230 g/mol. The summed E-state index contributed by atoms with van der Waals surface area (Å²) in [7, 11) is 0. The minimum Gasteiger partial charge on any atom is -0.309 e. The summed E-state index contributed by atoms with van der Waals surface area (Å²) in [5, 5.41) is 7.46. The molecule has 0 aromatic carbocycles. The number of hydrogen-bond acceptors (Lipinski definition) is 2. The third-order valence-electron chi connectivity index (χ3n) is 1.67. The fourth-order valence-electron chi connectivity index (χ4n) is 1.07. The molecule has 0 radical (unpaired) electrons. The third-order valence-corrected chi connectivity index (χ3v) is 2.08. The first kappa shape index (κ1) is 10.5. The molecule has 3 nitrogen and oxygen atoms in total. The van der Waals surface area contributed by atoms with E-state index in [1.165, 1.54) is 0 Å². The average molecular weight is 244 g/mol. The van der Waals surface area contributed by atoms with Gasteiger partial charge in [-0.3, -0.25) is 4.68 Å². The van der Waals surface area contributed by atoms with Crippen molar-refractivity contribution in [2.45, 2.75) is 19.5 Å². The molecule has 4 heteroatoms. The van der Waals surface area contributed by atoms with Crippen LogP contribution in [0.2, 0.25) is 0 Å². The van der Waals surface area contributed by atoms with Crippen LogP contribution < -0.4 is 5.32 Å². The van der Waals surface area contributed by atoms with Crippen molar-refractivity contribution in [3.8, 4) is 0 Å². The molecule has 1 N–H and O–H groups in total. The second-order valence-electron chi connectivity index (χ2n) is 2.98. The Morgan fingerprint density at radius 3 is 3.15 bits per heavy atom. The first-order valence-electron chi connectivity index (χ1n) is 4.24. The number of nitrogens with zero attached hydrogens (tertiary/aromatic N) is 2. The first-order valence-corrected chi connectivity index (χ1v) is 5.04. The maximum absolute atomic E-state index is 4.17. The highest BCUT2D eigenvalue weighted by Gasteiger charge is 2.01. The van der Waals surface area contributed by atoms with Gasteiger partial charge in [-0.15, -0.1) is 6.58 Å². The van der Waals surface area contributed by atoms with Crippen molar-refractivity contribution in [3.63, 3.8) is 0 Å². The fourth-order valence-corrected chi connectivity index (χ4v) is 1.40. The molecule has 0 amide bonds. The van der Waals surface area contributed by atoms with Crippen LogP contribution in [-0.4, -0.2) is 22.4 Å². The Balaban J connectivity index is 2.35. The van der Waals surface area contributed by atoms with Gasteiger partial charge in [0.1, 0.15) is 0 Å². The van der Waals surface area contributed by atoms with E-state index in [2.05, 4.69) is 39.8 Å². The Morgan fingerprint density at radius 2 is 2.62 bits per heavy atom. The Hall–Kier alpha value is -0.610. The lowest BCUT2D eigenvalue weighted by atomic mass is 10.3. The van der Waals surface area contributed by atoms with Crippen LogP contribution >= 0.6 is 15.9 Å². The normalized spacial score (nSPS) is 12.8. The van der Waals surface area contributed by atoms with E-state index in [0.717, 1.165) is 17.6 Å². The molecule has 72 valence electrons. The zero-order valence-corrected chi connectivity index (χ0v) is 9.29. The zero-order chi connectivity index (χ0) is 9.68. The third kappa shape index (κ3) is 3.74. The van der Waals surface area contributed by atoms with Gasteiger partial charge in [-0.25, -0.2) is 0 Å². The van der Waals surface area contributed by atoms with Crippen LogP contribution in [0.15, 0.2) is 29.5 Å². The Bertz CT molecular complexity index is 270. The lowest BCUT2D eigenvalue weighted by Crippen LogP contribution is -2.30. The maximum Gasteiger partial charge on any atom is 0.0632 e. The van der Waals surface area contributed by atoms with Crippen molar-refractivity contribution < 1.29 is 0 Å². The maximum atomic E-state index is 4.17. The van der Waals surface area contributed by atoms with Crippen molar-refractivity contribution in [2.24, 2.45) is 0 Å². The van der Waals surface area contributed by atoms with Crippen molar-refractivity contribution in [1.29, 1.82) is 0 Å². The number of nitrogens with one attached hydrogen (secondary N) is 1. The van der Waals surface area contributed by atoms with Gasteiger partial charge in [0.25, 0.3) is 0 Å². The first-order chi connectivity index (χ1) is 6.22. The summed E-state index contributed by atoms with van der Waals surface area (Å²) in [5.74, 6) is 0. The van der Waals surface area contributed by atoms with Crippen LogP contribution in [-0.2, 0) is 6.54 Å². The van der Waals surface area contributed by atoms with Gasteiger partial charge >= 0.3 is 0 Å². The molecule has 0 bridgehead atoms. The second kappa shape index (κ2) is 5.19. The number of rotatable bonds is 5. The summed E-state index contributed by atoms with van der Waals surface area (Å²) in [6, 6.07) is 0.407. The van der Waals surface area contributed by atoms with Gasteiger partial charge in [-0.2, -0.15) is 5.10 Å². The summed E-state index contributed by atoms with van der Waals surface area (Å²) in [6.45, 7) is 7.49. The minimum atomic E-state index is 0.407. The molecule has 1 atom stereocenters. The molecule has 0 aliphatic carbocycles. The summed E-state index contributed by atoms with van der Waals surface area (Å²) in [5.41, 5.74) is 0. The molecule has 1 aromatic rings. The van der Waals surface area contributed by atoms with Gasteiger partial charge in [-0.1, -0.05) is 6.08 Å². The molecule has 0 aliphatic rings. The number of aromatic nitrogens is 2. The molecule has 0 saturated heterocycles. The summed E-state index contributed by atoms with van der Waals surface area (Å²) in [6.07, 6.45) is 5.61. The molecule has 1 rings (SSSR count). The molecule has 0 aliphatic heterocycles. The number of halogens is 1. The van der Waals surface area contributed by atoms with Crippen LogP contribution in [0.4, 0.5) is 0 Å². The van der Waals surface area contributed by atoms with E-state index >= 15 is 0 Å². The van der Waals surface area contributed by atoms with Gasteiger partial charge in [0.15, 0.2) is 0 Å². The van der Waals surface area contributed by atoms with Gasteiger partial charge in [0.05, 0.1) is 17.2 Å². The van der Waals surface area contributed by atoms with Crippen molar-refractivity contribution in [3.05, 3.63) is 29.5 Å². The topological polar surface area (TPSA) is 29.9 Å². The molecule has 0 saturated carbocycles. The predicted octanol–water partition coefficient (Wildman–Crippen LogP) is 1.81. The summed E-state index contributed by atoms with van der Waals surface area (Å²) >= 11 is 3.35. The lowest BCUT2D eigenvalue weighted by Gasteiger charge is -2.11. The molecule has 0 spiro atoms. The van der Waals surface area contributed by atoms with Crippen molar-refractivity contribution in [2.75, 3.05) is 6.54 Å². The van der Waals surface area contributed by atoms with E-state index < -0.39 is 0 Å². The highest BCUT2D eigenvalue weighted by atomic mass is 79.9. The van der Waals surface area contributed by atoms with E-state index in [1.54, 1.807) is 6.20 Å². The molecule has 13 heavy (non-hydrogen) atoms. The number of hydrogen-bond donors (Lipinski definition) is 1. The highest BCUT2D eigenvalue weighted by molar-refractivity contribution is 9.10. The van der Waals surface area contributed by atoms with E-state index in [1.807, 2.05) is 17.0 Å². The quantitative estimate of drug-likeness (QED) is 0.800. The van der Waals surface area contributed by atoms with E-state index in [4.69, 9.17) is 0 Å². The fraction of sp³-hybridized carbons (Fsp3) is 0.444. The average Bonchev–Trinajstić information content (AvgIpc) is 2.48. The van der Waals surface area contributed by atoms with Crippen molar-refractivity contribution >= 4 is 15.9 Å². The molecule has 0 fully saturated rings. The van der Waals surface area contributed by atoms with E-state index in [-0.39, 0.29) is 0 Å². The van der Waals surface area contributed by atoms with Gasteiger partial charge in [0, 0.05) is 18.8 Å². The molecule has 1 heterocycles. The minimum absolute atomic E-state index is 0.407. The monoisotopic (exact) mass is 243 g/mol. The van der Waals surface area contributed by atoms with Crippen molar-refractivity contribution in [1.82, 2.24) is 15.1 Å². The lowest BCUT2D eigenvalue weighted by molar-refractivity contribution is 0.468. The smallest absolute Gasteiger partial charge is 0.0632 e. The van der Waals surface area contributed by atoms with E-state index in [9.17, 15) is 0 Å². The zero-order valence-electron chi connectivity index (χ0n) is 7.70. The van der Waals surface area contributed by atoms with E-state index in [0.29, 0.717) is 6.04 Å². The Labute approximate surface area is 87.0 Å². The Morgan fingerprint density at radius 1 is 1.85 bits per heavy atom. The van der Waals surface area contributed by atoms with Gasteiger partial charge < -0.3 is 5.32 Å². The second-order valence-corrected chi connectivity index (χ2v) is 3.89. The van der Waals surface area contributed by atoms with Gasteiger partial charge in [-0.05, 0) is 22.9 Å². The Kier molecular flexibility index (Phi) is 4.18. The van der Waals surface area contributed by atoms with Crippen LogP contribution in [0.1, 0.15) is 6.92 Å². The summed E-state index contributed by atoms with van der Waals surface area (Å²) < 4.78 is 2.92. The summed E-state index contributed by atoms with van der Waals surface area (Å²) in [4.78, 5) is 0. The van der Waals surface area contributed by atoms with Crippen LogP contribution in [0, 0.1) is 0 Å². The molecular formula is C9H14BrN3. The standard InChI is InChI=1S/C9H14BrN3/c1-3-4-11-8(2)6-13-7-9(10)5-12-13/h3,5,7-8,11H,1,4,6H2,2H3/t8-/m0/s1. The molecule has 1 aromatic heterocycles. The van der Waals surface area contributed by atoms with Crippen LogP contribution in [0.25, 0.3) is 0 Å². The SMILES string of the molecule is C=CCN[C@@H](C)Cn1cc(Br)cn1. The molecule has 0 unspecified atom stereocenters. The predicted molar refractivity (Wildman–Crippen MR) is 57.6 cm³/mol. The largest absolute Gasteiger partial charge is 0.309 e. The van der Waals surface area contributed by atoms with Crippen LogP contribution in [0.5, 0.6) is 0 Å². The highest BCUT2D eigenvalue weighted by Crippen LogP contribution is 2.06. The van der Waals surface area contributed by atoms with Gasteiger partial charge in [0.2, 0.25) is 0 Å².